The van der Waals surface area contributed by atoms with Gasteiger partial charge < -0.3 is 14.8 Å². The van der Waals surface area contributed by atoms with Crippen LogP contribution >= 0.6 is 0 Å². The third-order valence-electron chi connectivity index (χ3n) is 4.78. The summed E-state index contributed by atoms with van der Waals surface area (Å²) in [5.74, 6) is 1.96. The zero-order valence-corrected chi connectivity index (χ0v) is 14.2. The Morgan fingerprint density at radius 1 is 1.35 bits per heavy atom. The number of likely N-dealkylation sites (tertiary alicyclic amines) is 1. The third-order valence-corrected chi connectivity index (χ3v) is 4.78. The van der Waals surface area contributed by atoms with Crippen LogP contribution in [0.5, 0.6) is 0 Å². The van der Waals surface area contributed by atoms with E-state index in [0.29, 0.717) is 6.54 Å². The van der Waals surface area contributed by atoms with Crippen molar-refractivity contribution in [3.05, 3.63) is 54.1 Å². The Morgan fingerprint density at radius 3 is 2.78 bits per heavy atom. The summed E-state index contributed by atoms with van der Waals surface area (Å²) < 4.78 is 2.03. The number of nitrogens with one attached hydrogen (secondary N) is 1. The molecule has 0 saturated carbocycles. The van der Waals surface area contributed by atoms with Gasteiger partial charge in [-0.15, -0.1) is 0 Å². The first kappa shape index (κ1) is 15.6. The molecule has 1 N–H and O–H groups in total. The van der Waals surface area contributed by atoms with E-state index < -0.39 is 0 Å². The van der Waals surface area contributed by atoms with Crippen molar-refractivity contribution in [3.63, 3.8) is 0 Å². The first-order valence-electron chi connectivity index (χ1n) is 8.10. The van der Waals surface area contributed by atoms with E-state index in [-0.39, 0.29) is 5.41 Å². The Hall–Kier alpha value is -2.30. The van der Waals surface area contributed by atoms with Crippen molar-refractivity contribution in [3.8, 4) is 0 Å². The summed E-state index contributed by atoms with van der Waals surface area (Å²) in [4.78, 5) is 11.1. The van der Waals surface area contributed by atoms with Crippen LogP contribution in [0.15, 0.2) is 47.7 Å². The Kier molecular flexibility index (Phi) is 4.37. The second kappa shape index (κ2) is 6.44. The van der Waals surface area contributed by atoms with Gasteiger partial charge in [-0.25, -0.2) is 4.98 Å². The fourth-order valence-corrected chi connectivity index (χ4v) is 3.28. The summed E-state index contributed by atoms with van der Waals surface area (Å²) in [5.41, 5.74) is 1.59. The molecule has 1 aromatic heterocycles. The van der Waals surface area contributed by atoms with Crippen LogP contribution in [0.25, 0.3) is 0 Å². The predicted molar refractivity (Wildman–Crippen MR) is 93.4 cm³/mol. The standard InChI is InChI=1S/C18H25N5/c1-18(15-7-5-4-6-8-15)9-11-23(14-18)17(19-2)21-13-16-20-10-12-22(16)3/h4-8,10,12H,9,11,13-14H2,1-3H3,(H,19,21). The summed E-state index contributed by atoms with van der Waals surface area (Å²) in [6.07, 6.45) is 4.92. The first-order chi connectivity index (χ1) is 11.1. The van der Waals surface area contributed by atoms with Gasteiger partial charge in [0.05, 0.1) is 6.54 Å². The highest BCUT2D eigenvalue weighted by atomic mass is 15.3. The Morgan fingerprint density at radius 2 is 2.13 bits per heavy atom. The molecule has 1 aliphatic heterocycles. The van der Waals surface area contributed by atoms with Gasteiger partial charge in [-0.3, -0.25) is 4.99 Å². The van der Waals surface area contributed by atoms with Crippen LogP contribution in [-0.2, 0) is 19.0 Å². The van der Waals surface area contributed by atoms with E-state index in [1.807, 2.05) is 31.1 Å². The van der Waals surface area contributed by atoms with E-state index >= 15 is 0 Å². The van der Waals surface area contributed by atoms with Crippen molar-refractivity contribution < 1.29 is 0 Å². The average molecular weight is 311 g/mol. The SMILES string of the molecule is CN=C(NCc1nccn1C)N1CCC(C)(c2ccccc2)C1. The number of aromatic nitrogens is 2. The van der Waals surface area contributed by atoms with Crippen molar-refractivity contribution >= 4 is 5.96 Å². The van der Waals surface area contributed by atoms with E-state index in [9.17, 15) is 0 Å². The second-order valence-corrected chi connectivity index (χ2v) is 6.45. The summed E-state index contributed by atoms with van der Waals surface area (Å²) in [6.45, 7) is 5.03. The highest BCUT2D eigenvalue weighted by Gasteiger charge is 2.36. The molecule has 122 valence electrons. The van der Waals surface area contributed by atoms with Crippen molar-refractivity contribution in [2.24, 2.45) is 12.0 Å². The van der Waals surface area contributed by atoms with Gasteiger partial charge in [0, 0.05) is 45.0 Å². The molecule has 1 atom stereocenters. The molecular formula is C18H25N5. The number of benzene rings is 1. The maximum Gasteiger partial charge on any atom is 0.194 e. The third kappa shape index (κ3) is 3.23. The summed E-state index contributed by atoms with van der Waals surface area (Å²) in [7, 11) is 3.86. The maximum atomic E-state index is 4.45. The molecule has 5 nitrogen and oxygen atoms in total. The Labute approximate surface area is 138 Å². The molecule has 1 saturated heterocycles. The van der Waals surface area contributed by atoms with Crippen LogP contribution in [0.1, 0.15) is 24.7 Å². The minimum absolute atomic E-state index is 0.183. The molecule has 2 aromatic rings. The monoisotopic (exact) mass is 311 g/mol. The van der Waals surface area contributed by atoms with Crippen molar-refractivity contribution in [2.75, 3.05) is 20.1 Å². The topological polar surface area (TPSA) is 45.5 Å². The number of rotatable bonds is 3. The van der Waals surface area contributed by atoms with Gasteiger partial charge in [0.1, 0.15) is 5.82 Å². The fraction of sp³-hybridized carbons (Fsp3) is 0.444. The minimum atomic E-state index is 0.183. The normalized spacial score (nSPS) is 21.7. The van der Waals surface area contributed by atoms with Gasteiger partial charge in [0.25, 0.3) is 0 Å². The predicted octanol–water partition coefficient (Wildman–Crippen LogP) is 2.16. The molecule has 0 aliphatic carbocycles. The zero-order chi connectivity index (χ0) is 16.3. The summed E-state index contributed by atoms with van der Waals surface area (Å²) in [6, 6.07) is 10.8. The van der Waals surface area contributed by atoms with Crippen LogP contribution in [0, 0.1) is 0 Å². The lowest BCUT2D eigenvalue weighted by molar-refractivity contribution is 0.437. The molecule has 1 fully saturated rings. The van der Waals surface area contributed by atoms with Gasteiger partial charge in [0.2, 0.25) is 0 Å². The number of aryl methyl sites for hydroxylation is 1. The molecule has 2 heterocycles. The number of nitrogens with zero attached hydrogens (tertiary/aromatic N) is 4. The van der Waals surface area contributed by atoms with E-state index in [0.717, 1.165) is 31.3 Å². The molecule has 5 heteroatoms. The van der Waals surface area contributed by atoms with Gasteiger partial charge in [-0.2, -0.15) is 0 Å². The molecule has 3 rings (SSSR count). The van der Waals surface area contributed by atoms with E-state index in [2.05, 4.69) is 57.4 Å². The number of hydrogen-bond acceptors (Lipinski definition) is 2. The maximum absolute atomic E-state index is 4.45. The number of aliphatic imine (C=N–C) groups is 1. The van der Waals surface area contributed by atoms with Gasteiger partial charge in [-0.1, -0.05) is 37.3 Å². The second-order valence-electron chi connectivity index (χ2n) is 6.45. The molecule has 0 spiro atoms. The highest BCUT2D eigenvalue weighted by molar-refractivity contribution is 5.80. The quantitative estimate of drug-likeness (QED) is 0.698. The smallest absolute Gasteiger partial charge is 0.194 e. The largest absolute Gasteiger partial charge is 0.349 e. The van der Waals surface area contributed by atoms with Crippen molar-refractivity contribution in [1.29, 1.82) is 0 Å². The highest BCUT2D eigenvalue weighted by Crippen LogP contribution is 2.33. The Bertz CT molecular complexity index is 676. The first-order valence-corrected chi connectivity index (χ1v) is 8.10. The van der Waals surface area contributed by atoms with Crippen LogP contribution in [0.3, 0.4) is 0 Å². The number of guanidine groups is 1. The van der Waals surface area contributed by atoms with Crippen molar-refractivity contribution in [1.82, 2.24) is 19.8 Å². The molecule has 0 bridgehead atoms. The van der Waals surface area contributed by atoms with Gasteiger partial charge >= 0.3 is 0 Å². The van der Waals surface area contributed by atoms with Crippen LogP contribution in [-0.4, -0.2) is 40.5 Å². The average Bonchev–Trinajstić information content (AvgIpc) is 3.16. The summed E-state index contributed by atoms with van der Waals surface area (Å²) in [5, 5.41) is 3.44. The fourth-order valence-electron chi connectivity index (χ4n) is 3.28. The molecule has 23 heavy (non-hydrogen) atoms. The molecule has 0 amide bonds. The number of hydrogen-bond donors (Lipinski definition) is 1. The van der Waals surface area contributed by atoms with Gasteiger partial charge in [0.15, 0.2) is 5.96 Å². The van der Waals surface area contributed by atoms with Crippen LogP contribution in [0.2, 0.25) is 0 Å². The van der Waals surface area contributed by atoms with Crippen LogP contribution in [0.4, 0.5) is 0 Å². The molecule has 1 aromatic carbocycles. The molecule has 1 unspecified atom stereocenters. The van der Waals surface area contributed by atoms with E-state index in [1.54, 1.807) is 0 Å². The molecule has 1 aliphatic rings. The minimum Gasteiger partial charge on any atom is -0.349 e. The van der Waals surface area contributed by atoms with E-state index in [1.165, 1.54) is 5.56 Å². The summed E-state index contributed by atoms with van der Waals surface area (Å²) >= 11 is 0. The molecular weight excluding hydrogens is 286 g/mol. The van der Waals surface area contributed by atoms with E-state index in [4.69, 9.17) is 0 Å². The van der Waals surface area contributed by atoms with Crippen molar-refractivity contribution in [2.45, 2.75) is 25.3 Å². The number of imidazole rings is 1. The molecule has 0 radical (unpaired) electrons. The lowest BCUT2D eigenvalue weighted by atomic mass is 9.82. The lowest BCUT2D eigenvalue weighted by Crippen LogP contribution is -2.41. The Balaban J connectivity index is 1.66. The van der Waals surface area contributed by atoms with Gasteiger partial charge in [-0.05, 0) is 12.0 Å². The van der Waals surface area contributed by atoms with Crippen LogP contribution < -0.4 is 5.32 Å². The lowest BCUT2D eigenvalue weighted by Gasteiger charge is -2.27. The zero-order valence-electron chi connectivity index (χ0n) is 14.2.